The Kier molecular flexibility index (Phi) is 9.53. The summed E-state index contributed by atoms with van der Waals surface area (Å²) in [6.07, 6.45) is 7.37. The molecule has 0 heterocycles. The maximum atomic E-state index is 6.06. The van der Waals surface area contributed by atoms with Gasteiger partial charge in [0.15, 0.2) is 0 Å². The Hall–Kier alpha value is 0.250. The summed E-state index contributed by atoms with van der Waals surface area (Å²) in [5, 5.41) is 0.321. The Morgan fingerprint density at radius 1 is 1.17 bits per heavy atom. The van der Waals surface area contributed by atoms with Crippen LogP contribution in [0.4, 0.5) is 0 Å². The molecule has 0 aromatic heterocycles. The number of hydrogen-bond acceptors (Lipinski definition) is 1. The molecule has 74 valence electrons. The lowest BCUT2D eigenvalue weighted by atomic mass is 10.1. The number of methoxy groups -OCH3 is 1. The van der Waals surface area contributed by atoms with Gasteiger partial charge in [-0.1, -0.05) is 32.6 Å². The Morgan fingerprint density at radius 2 is 1.92 bits per heavy atom. The van der Waals surface area contributed by atoms with Crippen molar-refractivity contribution < 1.29 is 4.74 Å². The molecule has 0 saturated heterocycles. The first-order valence-electron chi connectivity index (χ1n) is 4.94. The summed E-state index contributed by atoms with van der Waals surface area (Å²) in [6.45, 7) is 3.02. The summed E-state index contributed by atoms with van der Waals surface area (Å²) < 4.78 is 4.96. The van der Waals surface area contributed by atoms with Crippen molar-refractivity contribution in [3.8, 4) is 0 Å². The second kappa shape index (κ2) is 9.34. The van der Waals surface area contributed by atoms with Crippen LogP contribution in [0.25, 0.3) is 0 Å². The van der Waals surface area contributed by atoms with Gasteiger partial charge in [0.2, 0.25) is 0 Å². The van der Waals surface area contributed by atoms with Crippen LogP contribution >= 0.6 is 11.6 Å². The van der Waals surface area contributed by atoms with Crippen molar-refractivity contribution in [2.24, 2.45) is 0 Å². The first kappa shape index (κ1) is 12.2. The molecule has 12 heavy (non-hydrogen) atoms. The van der Waals surface area contributed by atoms with Crippen LogP contribution in [-0.2, 0) is 4.74 Å². The molecular weight excluding hydrogens is 172 g/mol. The van der Waals surface area contributed by atoms with E-state index in [0.717, 1.165) is 19.4 Å². The third-order valence-corrected chi connectivity index (χ3v) is 2.44. The summed E-state index contributed by atoms with van der Waals surface area (Å²) >= 11 is 6.06. The van der Waals surface area contributed by atoms with Crippen molar-refractivity contribution in [1.82, 2.24) is 0 Å². The minimum Gasteiger partial charge on any atom is -0.385 e. The Labute approximate surface area is 81.4 Å². The van der Waals surface area contributed by atoms with Crippen molar-refractivity contribution in [3.63, 3.8) is 0 Å². The Bertz CT molecular complexity index is 85.9. The number of hydrogen-bond donors (Lipinski definition) is 0. The molecule has 1 nitrogen and oxygen atoms in total. The lowest BCUT2D eigenvalue weighted by Gasteiger charge is -2.07. The minimum atomic E-state index is 0.321. The van der Waals surface area contributed by atoms with E-state index in [-0.39, 0.29) is 0 Å². The highest BCUT2D eigenvalue weighted by Gasteiger charge is 2.02. The van der Waals surface area contributed by atoms with Gasteiger partial charge in [-0.2, -0.15) is 0 Å². The quantitative estimate of drug-likeness (QED) is 0.422. The van der Waals surface area contributed by atoms with Crippen molar-refractivity contribution >= 4 is 11.6 Å². The van der Waals surface area contributed by atoms with Gasteiger partial charge in [-0.15, -0.1) is 11.6 Å². The summed E-state index contributed by atoms with van der Waals surface area (Å²) in [7, 11) is 1.72. The van der Waals surface area contributed by atoms with Crippen molar-refractivity contribution in [1.29, 1.82) is 0 Å². The normalized spacial score (nSPS) is 13.2. The molecule has 1 unspecified atom stereocenters. The maximum absolute atomic E-state index is 6.06. The van der Waals surface area contributed by atoms with E-state index in [4.69, 9.17) is 16.3 Å². The van der Waals surface area contributed by atoms with Crippen molar-refractivity contribution in [3.05, 3.63) is 0 Å². The molecule has 0 aliphatic rings. The highest BCUT2D eigenvalue weighted by molar-refractivity contribution is 6.20. The summed E-state index contributed by atoms with van der Waals surface area (Å²) in [5.74, 6) is 0. The zero-order valence-corrected chi connectivity index (χ0v) is 9.07. The van der Waals surface area contributed by atoms with Crippen LogP contribution in [0.1, 0.15) is 45.4 Å². The zero-order chi connectivity index (χ0) is 9.23. The lowest BCUT2D eigenvalue weighted by Crippen LogP contribution is -2.02. The predicted octanol–water partition coefficient (Wildman–Crippen LogP) is 3.60. The van der Waals surface area contributed by atoms with Crippen LogP contribution in [-0.4, -0.2) is 19.1 Å². The molecule has 0 spiro atoms. The van der Waals surface area contributed by atoms with E-state index in [1.54, 1.807) is 7.11 Å². The fourth-order valence-corrected chi connectivity index (χ4v) is 1.43. The van der Waals surface area contributed by atoms with Gasteiger partial charge in [0, 0.05) is 19.1 Å². The van der Waals surface area contributed by atoms with Crippen LogP contribution in [0.15, 0.2) is 0 Å². The van der Waals surface area contributed by atoms with Gasteiger partial charge in [-0.3, -0.25) is 0 Å². The van der Waals surface area contributed by atoms with Gasteiger partial charge in [0.05, 0.1) is 0 Å². The van der Waals surface area contributed by atoms with Crippen molar-refractivity contribution in [2.75, 3.05) is 13.7 Å². The first-order chi connectivity index (χ1) is 5.81. The highest BCUT2D eigenvalue weighted by atomic mass is 35.5. The number of ether oxygens (including phenoxy) is 1. The van der Waals surface area contributed by atoms with Crippen molar-refractivity contribution in [2.45, 2.75) is 50.8 Å². The Balaban J connectivity index is 3.02. The molecule has 0 amide bonds. The molecule has 0 aromatic carbocycles. The lowest BCUT2D eigenvalue weighted by molar-refractivity contribution is 0.193. The third-order valence-electron chi connectivity index (χ3n) is 2.01. The molecule has 0 radical (unpaired) electrons. The first-order valence-corrected chi connectivity index (χ1v) is 5.38. The minimum absolute atomic E-state index is 0.321. The second-order valence-corrected chi connectivity index (χ2v) is 3.85. The Morgan fingerprint density at radius 3 is 2.50 bits per heavy atom. The SMILES string of the molecule is CCCCCCC(Cl)CCOC. The number of rotatable bonds is 8. The second-order valence-electron chi connectivity index (χ2n) is 3.23. The van der Waals surface area contributed by atoms with E-state index in [9.17, 15) is 0 Å². The van der Waals surface area contributed by atoms with Crippen LogP contribution in [0.3, 0.4) is 0 Å². The van der Waals surface area contributed by atoms with Crippen LogP contribution in [0, 0.1) is 0 Å². The predicted molar refractivity (Wildman–Crippen MR) is 54.9 cm³/mol. The van der Waals surface area contributed by atoms with Gasteiger partial charge < -0.3 is 4.74 Å². The number of alkyl halides is 1. The van der Waals surface area contributed by atoms with E-state index in [1.807, 2.05) is 0 Å². The zero-order valence-electron chi connectivity index (χ0n) is 8.31. The van der Waals surface area contributed by atoms with E-state index in [2.05, 4.69) is 6.92 Å². The molecule has 0 aromatic rings. The number of halogens is 1. The monoisotopic (exact) mass is 192 g/mol. The molecule has 2 heteroatoms. The van der Waals surface area contributed by atoms with Gasteiger partial charge in [0.1, 0.15) is 0 Å². The third kappa shape index (κ3) is 8.35. The fraction of sp³-hybridized carbons (Fsp3) is 1.00. The molecule has 0 saturated carbocycles. The fourth-order valence-electron chi connectivity index (χ4n) is 1.18. The summed E-state index contributed by atoms with van der Waals surface area (Å²) in [4.78, 5) is 0. The molecular formula is C10H21ClO. The van der Waals surface area contributed by atoms with Gasteiger partial charge in [-0.05, 0) is 12.8 Å². The molecule has 0 fully saturated rings. The van der Waals surface area contributed by atoms with E-state index >= 15 is 0 Å². The van der Waals surface area contributed by atoms with Gasteiger partial charge in [-0.25, -0.2) is 0 Å². The van der Waals surface area contributed by atoms with E-state index in [0.29, 0.717) is 5.38 Å². The molecule has 0 rings (SSSR count). The topological polar surface area (TPSA) is 9.23 Å². The molecule has 1 atom stereocenters. The molecule has 0 N–H and O–H groups in total. The molecule has 0 bridgehead atoms. The summed E-state index contributed by atoms with van der Waals surface area (Å²) in [5.41, 5.74) is 0. The van der Waals surface area contributed by atoms with Gasteiger partial charge >= 0.3 is 0 Å². The molecule has 0 aliphatic heterocycles. The van der Waals surface area contributed by atoms with E-state index < -0.39 is 0 Å². The van der Waals surface area contributed by atoms with Crippen LogP contribution in [0.5, 0.6) is 0 Å². The average molecular weight is 193 g/mol. The largest absolute Gasteiger partial charge is 0.385 e. The van der Waals surface area contributed by atoms with Crippen LogP contribution in [0.2, 0.25) is 0 Å². The molecule has 0 aliphatic carbocycles. The standard InChI is InChI=1S/C10H21ClO/c1-3-4-5-6-7-10(11)8-9-12-2/h10H,3-9H2,1-2H3. The van der Waals surface area contributed by atoms with Gasteiger partial charge in [0.25, 0.3) is 0 Å². The number of unbranched alkanes of at least 4 members (excludes halogenated alkanes) is 3. The average Bonchev–Trinajstić information content (AvgIpc) is 2.09. The highest BCUT2D eigenvalue weighted by Crippen LogP contribution is 2.12. The summed E-state index contributed by atoms with van der Waals surface area (Å²) in [6, 6.07) is 0. The van der Waals surface area contributed by atoms with Crippen LogP contribution < -0.4 is 0 Å². The smallest absolute Gasteiger partial charge is 0.0476 e. The maximum Gasteiger partial charge on any atom is 0.0476 e. The van der Waals surface area contributed by atoms with E-state index in [1.165, 1.54) is 25.7 Å².